The lowest BCUT2D eigenvalue weighted by Gasteiger charge is -1.70. The van der Waals surface area contributed by atoms with Gasteiger partial charge in [-0.1, -0.05) is 6.92 Å². The number of carbonyl (C=O) groups excluding carboxylic acids is 1. The first-order valence-electron chi connectivity index (χ1n) is 1.76. The summed E-state index contributed by atoms with van der Waals surface area (Å²) in [5, 5.41) is 0. The molecule has 0 aliphatic carbocycles. The van der Waals surface area contributed by atoms with E-state index in [4.69, 9.17) is 0 Å². The Labute approximate surface area is 48.2 Å². The van der Waals surface area contributed by atoms with Crippen LogP contribution in [0.25, 0.3) is 0 Å². The van der Waals surface area contributed by atoms with Crippen molar-refractivity contribution >= 4 is 23.6 Å². The van der Waals surface area contributed by atoms with Crippen molar-refractivity contribution < 1.29 is 10.9 Å². The van der Waals surface area contributed by atoms with Crippen molar-refractivity contribution in [1.82, 2.24) is 0 Å². The molecule has 0 spiro atoms. The Bertz CT molecular complexity index is 127. The molecule has 0 N–H and O–H groups in total. The van der Waals surface area contributed by atoms with E-state index in [-0.39, 0.29) is 6.42 Å². The second-order valence-corrected chi connectivity index (χ2v) is 3.37. The lowest BCUT2D eigenvalue weighted by atomic mass is 10.6. The van der Waals surface area contributed by atoms with Crippen molar-refractivity contribution in [3.05, 3.63) is 0 Å². The van der Waals surface area contributed by atoms with Crippen LogP contribution in [0, 0.1) is 0 Å². The molecule has 7 heavy (non-hydrogen) atoms. The van der Waals surface area contributed by atoms with E-state index in [2.05, 4.69) is 0 Å². The van der Waals surface area contributed by atoms with E-state index in [1.807, 2.05) is 0 Å². The number of rotatable bonds is 2. The normalized spacial score (nSPS) is 9.43. The predicted molar refractivity (Wildman–Crippen MR) is 30.7 cm³/mol. The second-order valence-electron chi connectivity index (χ2n) is 0.926. The van der Waals surface area contributed by atoms with Crippen molar-refractivity contribution in [2.24, 2.45) is 0 Å². The summed E-state index contributed by atoms with van der Waals surface area (Å²) in [6.45, 7) is 1.53. The fourth-order valence-corrected chi connectivity index (χ4v) is 0.732. The number of hydrogen-bond donors (Lipinski definition) is 0. The summed E-state index contributed by atoms with van der Waals surface area (Å²) >= 11 is -3.55. The number of halogens is 1. The van der Waals surface area contributed by atoms with Crippen LogP contribution in [0.3, 0.4) is 0 Å². The van der Waals surface area contributed by atoms with Gasteiger partial charge in [-0.3, -0.25) is 4.79 Å². The molecule has 0 atom stereocenters. The number of carbonyl (C=O) groups is 1. The molecule has 0 aliphatic rings. The summed E-state index contributed by atoms with van der Waals surface area (Å²) < 4.78 is 18.8. The first kappa shape index (κ1) is 7.00. The van der Waals surface area contributed by atoms with Crippen molar-refractivity contribution in [3.63, 3.8) is 0 Å². The van der Waals surface area contributed by atoms with Crippen LogP contribution >= 0.6 is 19.8 Å². The van der Waals surface area contributed by atoms with E-state index in [1.54, 1.807) is 0 Å². The van der Waals surface area contributed by atoms with E-state index < -0.39 is 23.6 Å². The zero-order chi connectivity index (χ0) is 5.86. The molecule has 3 nitrogen and oxygen atoms in total. The summed E-state index contributed by atoms with van der Waals surface area (Å²) in [6.07, 6.45) is 0.123. The standard InChI is InChI=1S/C3H5IO3/c1-2-3(5)4(6)7/h2H2,1H3. The molecule has 0 aromatic heterocycles. The lowest BCUT2D eigenvalue weighted by molar-refractivity contribution is -0.109. The van der Waals surface area contributed by atoms with Gasteiger partial charge in [0.1, 0.15) is 0 Å². The molecular formula is C3H5IO3. The Morgan fingerprint density at radius 2 is 2.00 bits per heavy atom. The molecule has 0 rings (SSSR count). The largest absolute Gasteiger partial charge is 0.377 e. The van der Waals surface area contributed by atoms with Crippen LogP contribution in [0.4, 0.5) is 0 Å². The fourth-order valence-electron chi connectivity index (χ4n) is 0.109. The summed E-state index contributed by atoms with van der Waals surface area (Å²) in [7, 11) is 0. The molecule has 0 unspecified atom stereocenters. The molecule has 42 valence electrons. The Morgan fingerprint density at radius 3 is 2.00 bits per heavy atom. The minimum absolute atomic E-state index is 0.123. The molecule has 0 aromatic carbocycles. The van der Waals surface area contributed by atoms with E-state index in [0.717, 1.165) is 0 Å². The van der Waals surface area contributed by atoms with E-state index >= 15 is 0 Å². The molecule has 0 saturated carbocycles. The third-order valence-corrected chi connectivity index (χ3v) is 2.20. The topological polar surface area (TPSA) is 51.2 Å². The SMILES string of the molecule is CCC(=O)I(=O)=O. The quantitative estimate of drug-likeness (QED) is 0.513. The van der Waals surface area contributed by atoms with Crippen LogP contribution in [0.2, 0.25) is 0 Å². The molecule has 4 heteroatoms. The highest BCUT2D eigenvalue weighted by Gasteiger charge is 2.00. The molecule has 0 aromatic rings. The fraction of sp³-hybridized carbons (Fsp3) is 0.667. The van der Waals surface area contributed by atoms with Gasteiger partial charge in [-0.2, -0.15) is 0 Å². The Morgan fingerprint density at radius 1 is 1.57 bits per heavy atom. The van der Waals surface area contributed by atoms with Crippen molar-refractivity contribution in [2.45, 2.75) is 13.3 Å². The minimum Gasteiger partial charge on any atom is -0.282 e. The summed E-state index contributed by atoms with van der Waals surface area (Å²) in [4.78, 5) is 9.96. The Kier molecular flexibility index (Phi) is 3.06. The third kappa shape index (κ3) is 2.67. The summed E-state index contributed by atoms with van der Waals surface area (Å²) in [5.74, 6) is 0. The maximum atomic E-state index is 9.96. The van der Waals surface area contributed by atoms with Gasteiger partial charge in [0.05, 0.1) is 0 Å². The summed E-state index contributed by atoms with van der Waals surface area (Å²) in [6, 6.07) is 0. The second kappa shape index (κ2) is 3.06. The van der Waals surface area contributed by atoms with Crippen LogP contribution in [0.15, 0.2) is 0 Å². The highest BCUT2D eigenvalue weighted by atomic mass is 127. The molecular weight excluding hydrogens is 211 g/mol. The molecule has 0 saturated heterocycles. The zero-order valence-corrected chi connectivity index (χ0v) is 5.97. The van der Waals surface area contributed by atoms with E-state index in [1.165, 1.54) is 6.92 Å². The van der Waals surface area contributed by atoms with Crippen molar-refractivity contribution in [1.29, 1.82) is 0 Å². The predicted octanol–water partition coefficient (Wildman–Crippen LogP) is 1.12. The first-order valence-corrected chi connectivity index (χ1v) is 4.60. The highest BCUT2D eigenvalue weighted by Crippen LogP contribution is 2.06. The molecule has 0 bridgehead atoms. The van der Waals surface area contributed by atoms with Crippen LogP contribution < -0.4 is 0 Å². The average molecular weight is 216 g/mol. The van der Waals surface area contributed by atoms with Gasteiger partial charge < -0.3 is 0 Å². The van der Waals surface area contributed by atoms with Crippen molar-refractivity contribution in [2.75, 3.05) is 0 Å². The number of hydrogen-bond acceptors (Lipinski definition) is 3. The molecule has 0 amide bonds. The van der Waals surface area contributed by atoms with E-state index in [0.29, 0.717) is 0 Å². The van der Waals surface area contributed by atoms with Crippen LogP contribution in [0.5, 0.6) is 0 Å². The molecule has 0 radical (unpaired) electrons. The maximum absolute atomic E-state index is 9.96. The van der Waals surface area contributed by atoms with E-state index in [9.17, 15) is 10.9 Å². The lowest BCUT2D eigenvalue weighted by Crippen LogP contribution is -1.78. The van der Waals surface area contributed by atoms with Crippen LogP contribution in [-0.2, 0) is 10.9 Å². The molecule has 0 fully saturated rings. The van der Waals surface area contributed by atoms with Crippen LogP contribution in [-0.4, -0.2) is 3.79 Å². The van der Waals surface area contributed by atoms with Gasteiger partial charge in [0.15, 0.2) is 0 Å². The Balaban J connectivity index is 3.83. The van der Waals surface area contributed by atoms with Gasteiger partial charge in [-0.05, 0) is 0 Å². The third-order valence-electron chi connectivity index (χ3n) is 0.450. The van der Waals surface area contributed by atoms with Crippen molar-refractivity contribution in [3.8, 4) is 0 Å². The van der Waals surface area contributed by atoms with Crippen LogP contribution in [0.1, 0.15) is 13.3 Å². The maximum Gasteiger partial charge on any atom is 0.377 e. The van der Waals surface area contributed by atoms with Gasteiger partial charge in [0, 0.05) is 6.42 Å². The van der Waals surface area contributed by atoms with Gasteiger partial charge in [-0.25, -0.2) is 6.14 Å². The first-order chi connectivity index (χ1) is 3.18. The average Bonchev–Trinajstić information content (AvgIpc) is 1.65. The molecule has 0 heterocycles. The van der Waals surface area contributed by atoms with Gasteiger partial charge in [-0.15, -0.1) is 0 Å². The van der Waals surface area contributed by atoms with Gasteiger partial charge in [0.25, 0.3) is 3.79 Å². The monoisotopic (exact) mass is 216 g/mol. The summed E-state index contributed by atoms with van der Waals surface area (Å²) in [5.41, 5.74) is 0. The smallest absolute Gasteiger partial charge is 0.282 e. The minimum atomic E-state index is -3.55. The molecule has 0 aliphatic heterocycles. The van der Waals surface area contributed by atoms with Gasteiger partial charge in [0.2, 0.25) is 0 Å². The highest BCUT2D eigenvalue weighted by molar-refractivity contribution is 14.2. The van der Waals surface area contributed by atoms with Gasteiger partial charge >= 0.3 is 19.8 Å². The zero-order valence-electron chi connectivity index (χ0n) is 3.81. The Hall–Kier alpha value is -0.0000000000000000555.